The Labute approximate surface area is 90.9 Å². The van der Waals surface area contributed by atoms with E-state index in [1.54, 1.807) is 0 Å². The van der Waals surface area contributed by atoms with Crippen LogP contribution in [-0.2, 0) is 9.59 Å². The van der Waals surface area contributed by atoms with Gasteiger partial charge in [-0.15, -0.1) is 0 Å². The van der Waals surface area contributed by atoms with Gasteiger partial charge >= 0.3 is 0 Å². The van der Waals surface area contributed by atoms with Crippen LogP contribution in [0.3, 0.4) is 0 Å². The van der Waals surface area contributed by atoms with Gasteiger partial charge in [-0.2, -0.15) is 0 Å². The van der Waals surface area contributed by atoms with Gasteiger partial charge in [0.1, 0.15) is 0 Å². The highest BCUT2D eigenvalue weighted by Crippen LogP contribution is 2.30. The summed E-state index contributed by atoms with van der Waals surface area (Å²) in [6, 6.07) is 0. The Morgan fingerprint density at radius 3 is 1.44 bits per heavy atom. The summed E-state index contributed by atoms with van der Waals surface area (Å²) in [6.45, 7) is 0. The predicted molar refractivity (Wildman–Crippen MR) is 53.8 cm³/mol. The fourth-order valence-electron chi connectivity index (χ4n) is 1.84. The summed E-state index contributed by atoms with van der Waals surface area (Å²) in [5, 5.41) is 6.06. The molecule has 0 bridgehead atoms. The molecule has 1 aliphatic rings. The van der Waals surface area contributed by atoms with Crippen molar-refractivity contribution in [2.75, 3.05) is 0 Å². The van der Waals surface area contributed by atoms with Gasteiger partial charge < -0.3 is 0 Å². The van der Waals surface area contributed by atoms with Crippen LogP contribution in [-0.4, -0.2) is 11.8 Å². The fourth-order valence-corrected chi connectivity index (χ4v) is 1.84. The summed E-state index contributed by atoms with van der Waals surface area (Å²) in [6.07, 6.45) is 1.98. The highest BCUT2D eigenvalue weighted by Gasteiger charge is 2.28. The van der Waals surface area contributed by atoms with E-state index in [4.69, 9.17) is 11.1 Å². The lowest BCUT2D eigenvalue weighted by Gasteiger charge is -2.24. The van der Waals surface area contributed by atoms with Crippen LogP contribution >= 0.6 is 0 Å². The first-order chi connectivity index (χ1) is 7.69. The lowest BCUT2D eigenvalue weighted by Crippen LogP contribution is -2.24. The SMILES string of the molecule is [N-]=[N+]=NC(=O)C1CCC(C(=O)N=[N+]=[N-])CC1. The van der Waals surface area contributed by atoms with Crippen molar-refractivity contribution in [3.63, 3.8) is 0 Å². The van der Waals surface area contributed by atoms with Gasteiger partial charge in [0.05, 0.1) is 0 Å². The summed E-state index contributed by atoms with van der Waals surface area (Å²) >= 11 is 0. The summed E-state index contributed by atoms with van der Waals surface area (Å²) in [5.74, 6) is -1.55. The second kappa shape index (κ2) is 5.75. The average molecular weight is 222 g/mol. The maximum absolute atomic E-state index is 11.2. The molecule has 1 saturated carbocycles. The van der Waals surface area contributed by atoms with Crippen molar-refractivity contribution in [2.45, 2.75) is 25.7 Å². The molecule has 0 heterocycles. The van der Waals surface area contributed by atoms with E-state index >= 15 is 0 Å². The third-order valence-electron chi connectivity index (χ3n) is 2.71. The van der Waals surface area contributed by atoms with Gasteiger partial charge in [0.25, 0.3) is 0 Å². The molecule has 0 N–H and O–H groups in total. The lowest BCUT2D eigenvalue weighted by atomic mass is 9.81. The van der Waals surface area contributed by atoms with E-state index in [2.05, 4.69) is 20.1 Å². The summed E-state index contributed by atoms with van der Waals surface area (Å²) in [7, 11) is 0. The zero-order valence-corrected chi connectivity index (χ0v) is 8.48. The molecule has 0 aromatic heterocycles. The lowest BCUT2D eigenvalue weighted by molar-refractivity contribution is -0.127. The quantitative estimate of drug-likeness (QED) is 0.403. The summed E-state index contributed by atoms with van der Waals surface area (Å²) < 4.78 is 0. The van der Waals surface area contributed by atoms with Crippen LogP contribution in [0.5, 0.6) is 0 Å². The van der Waals surface area contributed by atoms with Crippen LogP contribution in [0.1, 0.15) is 25.7 Å². The van der Waals surface area contributed by atoms with Crippen LogP contribution in [0.15, 0.2) is 10.2 Å². The number of carbonyl (C=O) groups is 2. The van der Waals surface area contributed by atoms with Crippen molar-refractivity contribution in [1.82, 2.24) is 0 Å². The molecule has 8 heteroatoms. The molecule has 0 unspecified atom stereocenters. The highest BCUT2D eigenvalue weighted by molar-refractivity contribution is 5.81. The van der Waals surface area contributed by atoms with Crippen molar-refractivity contribution in [1.29, 1.82) is 0 Å². The fraction of sp³-hybridized carbons (Fsp3) is 0.750. The van der Waals surface area contributed by atoms with Gasteiger partial charge in [0.15, 0.2) is 0 Å². The molecule has 16 heavy (non-hydrogen) atoms. The molecule has 1 rings (SSSR count). The zero-order valence-electron chi connectivity index (χ0n) is 8.48. The minimum absolute atomic E-state index is 0.300. The van der Waals surface area contributed by atoms with Crippen molar-refractivity contribution in [2.24, 2.45) is 22.1 Å². The van der Waals surface area contributed by atoms with Crippen molar-refractivity contribution in [3.8, 4) is 0 Å². The normalized spacial score (nSPS) is 23.8. The number of carbonyl (C=O) groups excluding carboxylic acids is 2. The summed E-state index contributed by atoms with van der Waals surface area (Å²) in [4.78, 5) is 27.3. The van der Waals surface area contributed by atoms with Gasteiger partial charge in [0, 0.05) is 21.7 Å². The molecule has 0 radical (unpaired) electrons. The molecule has 0 aliphatic heterocycles. The largest absolute Gasteiger partial charge is 0.292 e. The minimum Gasteiger partial charge on any atom is -0.292 e. The van der Waals surface area contributed by atoms with E-state index in [0.717, 1.165) is 0 Å². The molecule has 2 amide bonds. The van der Waals surface area contributed by atoms with Gasteiger partial charge in [-0.05, 0) is 47.0 Å². The zero-order chi connectivity index (χ0) is 12.0. The van der Waals surface area contributed by atoms with E-state index in [1.807, 2.05) is 0 Å². The molecular weight excluding hydrogens is 212 g/mol. The molecule has 1 fully saturated rings. The molecule has 1 aliphatic carbocycles. The maximum Gasteiger partial charge on any atom is 0.222 e. The standard InChI is InChI=1S/C8H10N6O2/c9-13-11-7(15)5-1-2-6(4-3-5)8(16)12-14-10/h5-6H,1-4H2. The summed E-state index contributed by atoms with van der Waals surface area (Å²) in [5.41, 5.74) is 16.2. The smallest absolute Gasteiger partial charge is 0.222 e. The first-order valence-corrected chi connectivity index (χ1v) is 4.87. The molecule has 0 spiro atoms. The van der Waals surface area contributed by atoms with Crippen molar-refractivity contribution < 1.29 is 9.59 Å². The first kappa shape index (κ1) is 12.0. The maximum atomic E-state index is 11.2. The first-order valence-electron chi connectivity index (χ1n) is 4.87. The Morgan fingerprint density at radius 1 is 0.875 bits per heavy atom. The predicted octanol–water partition coefficient (Wildman–Crippen LogP) is 2.47. The Hall–Kier alpha value is -2.04. The molecule has 8 nitrogen and oxygen atoms in total. The van der Waals surface area contributed by atoms with Crippen LogP contribution in [0, 0.1) is 11.8 Å². The van der Waals surface area contributed by atoms with E-state index in [1.165, 1.54) is 0 Å². The molecule has 84 valence electrons. The third-order valence-corrected chi connectivity index (χ3v) is 2.71. The number of nitrogens with zero attached hydrogens (tertiary/aromatic N) is 6. The van der Waals surface area contributed by atoms with Crippen LogP contribution in [0.25, 0.3) is 20.9 Å². The number of azide groups is 2. The molecule has 0 aromatic carbocycles. The number of hydrogen-bond donors (Lipinski definition) is 0. The number of amides is 2. The Bertz CT molecular complexity index is 347. The van der Waals surface area contributed by atoms with E-state index in [9.17, 15) is 9.59 Å². The van der Waals surface area contributed by atoms with E-state index in [0.29, 0.717) is 25.7 Å². The second-order valence-electron chi connectivity index (χ2n) is 3.60. The van der Waals surface area contributed by atoms with Crippen molar-refractivity contribution in [3.05, 3.63) is 20.9 Å². The van der Waals surface area contributed by atoms with Crippen molar-refractivity contribution >= 4 is 11.8 Å². The van der Waals surface area contributed by atoms with Gasteiger partial charge in [0.2, 0.25) is 11.8 Å². The van der Waals surface area contributed by atoms with Crippen LogP contribution in [0.4, 0.5) is 0 Å². The Kier molecular flexibility index (Phi) is 4.32. The van der Waals surface area contributed by atoms with E-state index < -0.39 is 11.8 Å². The highest BCUT2D eigenvalue weighted by atomic mass is 16.2. The Balaban J connectivity index is 2.51. The molecule has 0 aromatic rings. The number of hydrogen-bond acceptors (Lipinski definition) is 2. The van der Waals surface area contributed by atoms with Gasteiger partial charge in [-0.3, -0.25) is 9.59 Å². The number of rotatable bonds is 2. The Morgan fingerprint density at radius 2 is 1.19 bits per heavy atom. The van der Waals surface area contributed by atoms with Crippen LogP contribution < -0.4 is 0 Å². The monoisotopic (exact) mass is 222 g/mol. The van der Waals surface area contributed by atoms with Gasteiger partial charge in [-0.1, -0.05) is 0 Å². The minimum atomic E-state index is -0.475. The molecule has 0 atom stereocenters. The molecule has 0 saturated heterocycles. The third kappa shape index (κ3) is 2.98. The van der Waals surface area contributed by atoms with Crippen LogP contribution in [0.2, 0.25) is 0 Å². The van der Waals surface area contributed by atoms with E-state index in [-0.39, 0.29) is 11.8 Å². The molecular formula is C8H10N6O2. The average Bonchev–Trinajstić information content (AvgIpc) is 2.30. The van der Waals surface area contributed by atoms with Gasteiger partial charge in [-0.25, -0.2) is 0 Å². The topological polar surface area (TPSA) is 132 Å². The second-order valence-corrected chi connectivity index (χ2v) is 3.60.